The third kappa shape index (κ3) is 3.78. The van der Waals surface area contributed by atoms with Crippen molar-refractivity contribution in [3.63, 3.8) is 0 Å². The van der Waals surface area contributed by atoms with Gasteiger partial charge < -0.3 is 4.42 Å². The molecule has 0 spiro atoms. The Hall–Kier alpha value is -5.40. The van der Waals surface area contributed by atoms with Gasteiger partial charge in [0, 0.05) is 16.7 Å². The van der Waals surface area contributed by atoms with Gasteiger partial charge in [0.1, 0.15) is 11.2 Å². The van der Waals surface area contributed by atoms with E-state index in [1.807, 2.05) is 6.07 Å². The first-order valence-corrected chi connectivity index (χ1v) is 15.0. The van der Waals surface area contributed by atoms with Crippen LogP contribution in [-0.4, -0.2) is 0 Å². The molecule has 2 aliphatic rings. The zero-order valence-corrected chi connectivity index (χ0v) is 23.6. The lowest BCUT2D eigenvalue weighted by molar-refractivity contribution is 0.669. The van der Waals surface area contributed by atoms with Gasteiger partial charge in [-0.2, -0.15) is 0 Å². The SMILES string of the molecule is C1=CC2CC(c3c4ccccc4c(-c4cccc5oc6ccccc6c45)c4ccccc34)=CC=C2C=C1c1ccccc1. The van der Waals surface area contributed by atoms with E-state index < -0.39 is 0 Å². The quantitative estimate of drug-likeness (QED) is 0.200. The van der Waals surface area contributed by atoms with E-state index in [9.17, 15) is 0 Å². The molecule has 1 unspecified atom stereocenters. The van der Waals surface area contributed by atoms with Gasteiger partial charge in [0.2, 0.25) is 0 Å². The summed E-state index contributed by atoms with van der Waals surface area (Å²) in [7, 11) is 0. The molecule has 1 aromatic heterocycles. The Balaban J connectivity index is 1.28. The van der Waals surface area contributed by atoms with E-state index in [1.165, 1.54) is 65.9 Å². The van der Waals surface area contributed by atoms with Crippen LogP contribution in [0.3, 0.4) is 0 Å². The van der Waals surface area contributed by atoms with Gasteiger partial charge in [-0.25, -0.2) is 0 Å². The minimum Gasteiger partial charge on any atom is -0.456 e. The fourth-order valence-electron chi connectivity index (χ4n) is 7.27. The van der Waals surface area contributed by atoms with Gasteiger partial charge in [-0.05, 0) is 79.1 Å². The van der Waals surface area contributed by atoms with Gasteiger partial charge in [-0.1, -0.05) is 140 Å². The van der Waals surface area contributed by atoms with E-state index in [4.69, 9.17) is 4.42 Å². The molecule has 0 saturated heterocycles. The number of para-hydroxylation sites is 1. The molecule has 0 aliphatic heterocycles. The highest BCUT2D eigenvalue weighted by molar-refractivity contribution is 6.24. The molecule has 0 fully saturated rings. The van der Waals surface area contributed by atoms with E-state index in [2.05, 4.69) is 146 Å². The molecule has 43 heavy (non-hydrogen) atoms. The van der Waals surface area contributed by atoms with E-state index in [1.54, 1.807) is 0 Å². The minimum atomic E-state index is 0.371. The number of hydrogen-bond donors (Lipinski definition) is 0. The third-order valence-electron chi connectivity index (χ3n) is 9.21. The summed E-state index contributed by atoms with van der Waals surface area (Å²) in [5, 5.41) is 7.47. The second kappa shape index (κ2) is 9.58. The van der Waals surface area contributed by atoms with Crippen LogP contribution >= 0.6 is 0 Å². The molecule has 0 saturated carbocycles. The van der Waals surface area contributed by atoms with Crippen LogP contribution < -0.4 is 0 Å². The monoisotopic (exact) mass is 548 g/mol. The largest absolute Gasteiger partial charge is 0.456 e. The molecule has 2 aliphatic carbocycles. The highest BCUT2D eigenvalue weighted by Gasteiger charge is 2.25. The predicted molar refractivity (Wildman–Crippen MR) is 182 cm³/mol. The molecule has 1 heteroatoms. The van der Waals surface area contributed by atoms with Gasteiger partial charge >= 0.3 is 0 Å². The maximum atomic E-state index is 6.32. The van der Waals surface area contributed by atoms with Gasteiger partial charge in [0.05, 0.1) is 0 Å². The second-order valence-electron chi connectivity index (χ2n) is 11.6. The number of hydrogen-bond acceptors (Lipinski definition) is 1. The van der Waals surface area contributed by atoms with Gasteiger partial charge in [-0.15, -0.1) is 0 Å². The summed E-state index contributed by atoms with van der Waals surface area (Å²) in [6, 6.07) is 43.4. The average Bonchev–Trinajstić information content (AvgIpc) is 3.46. The predicted octanol–water partition coefficient (Wildman–Crippen LogP) is 11.5. The fraction of sp³-hybridized carbons (Fsp3) is 0.0476. The standard InChI is InChI=1S/C42H28O/c1-2-11-27(12-3-1)28-21-22-30-26-31(24-23-29(30)25-28)40-32-13-4-6-15-34(32)41(35-16-7-5-14-33(35)40)37-18-10-20-39-42(37)36-17-8-9-19-38(36)43-39/h1-25,30H,26H2. The van der Waals surface area contributed by atoms with Crippen LogP contribution in [0.4, 0.5) is 0 Å². The Bertz CT molecular complexity index is 2300. The van der Waals surface area contributed by atoms with Crippen LogP contribution in [0.25, 0.3) is 65.8 Å². The van der Waals surface area contributed by atoms with Crippen molar-refractivity contribution in [2.45, 2.75) is 6.42 Å². The Morgan fingerprint density at radius 1 is 0.535 bits per heavy atom. The van der Waals surface area contributed by atoms with E-state index >= 15 is 0 Å². The Morgan fingerprint density at radius 3 is 1.91 bits per heavy atom. The lowest BCUT2D eigenvalue weighted by Gasteiger charge is -2.27. The molecule has 6 aromatic carbocycles. The van der Waals surface area contributed by atoms with Crippen LogP contribution in [0.2, 0.25) is 0 Å². The van der Waals surface area contributed by atoms with Crippen molar-refractivity contribution in [3.8, 4) is 11.1 Å². The van der Waals surface area contributed by atoms with Crippen molar-refractivity contribution in [1.82, 2.24) is 0 Å². The van der Waals surface area contributed by atoms with Gasteiger partial charge in [0.25, 0.3) is 0 Å². The van der Waals surface area contributed by atoms with Crippen LogP contribution in [0.15, 0.2) is 162 Å². The first-order chi connectivity index (χ1) is 21.3. The molecule has 0 bridgehead atoms. The van der Waals surface area contributed by atoms with Crippen molar-refractivity contribution in [3.05, 3.63) is 168 Å². The maximum absolute atomic E-state index is 6.32. The summed E-state index contributed by atoms with van der Waals surface area (Å²) in [4.78, 5) is 0. The highest BCUT2D eigenvalue weighted by Crippen LogP contribution is 2.47. The summed E-state index contributed by atoms with van der Waals surface area (Å²) in [6.45, 7) is 0. The highest BCUT2D eigenvalue weighted by atomic mass is 16.3. The summed E-state index contributed by atoms with van der Waals surface area (Å²) in [6.07, 6.45) is 12.7. The molecule has 0 N–H and O–H groups in total. The van der Waals surface area contributed by atoms with Gasteiger partial charge in [0.15, 0.2) is 0 Å². The smallest absolute Gasteiger partial charge is 0.136 e. The Labute approximate surface area is 250 Å². The van der Waals surface area contributed by atoms with Crippen molar-refractivity contribution >= 4 is 54.6 Å². The molecule has 0 radical (unpaired) electrons. The van der Waals surface area contributed by atoms with Crippen molar-refractivity contribution in [2.24, 2.45) is 5.92 Å². The first kappa shape index (κ1) is 24.2. The summed E-state index contributed by atoms with van der Waals surface area (Å²) >= 11 is 0. The molecular formula is C42H28O. The van der Waals surface area contributed by atoms with E-state index in [0.717, 1.165) is 23.0 Å². The van der Waals surface area contributed by atoms with Crippen molar-refractivity contribution in [1.29, 1.82) is 0 Å². The average molecular weight is 549 g/mol. The first-order valence-electron chi connectivity index (χ1n) is 15.0. The van der Waals surface area contributed by atoms with Crippen LogP contribution in [0, 0.1) is 5.92 Å². The molecule has 202 valence electrons. The third-order valence-corrected chi connectivity index (χ3v) is 9.21. The normalized spacial score (nSPS) is 16.4. The summed E-state index contributed by atoms with van der Waals surface area (Å²) in [5.74, 6) is 0.371. The van der Waals surface area contributed by atoms with Crippen molar-refractivity contribution < 1.29 is 4.42 Å². The lowest BCUT2D eigenvalue weighted by Crippen LogP contribution is -2.09. The lowest BCUT2D eigenvalue weighted by atomic mass is 9.77. The zero-order valence-electron chi connectivity index (χ0n) is 23.6. The molecule has 7 aromatic rings. The molecule has 1 atom stereocenters. The molecule has 0 amide bonds. The maximum Gasteiger partial charge on any atom is 0.136 e. The topological polar surface area (TPSA) is 13.1 Å². The fourth-order valence-corrected chi connectivity index (χ4v) is 7.27. The van der Waals surface area contributed by atoms with Crippen molar-refractivity contribution in [2.75, 3.05) is 0 Å². The molecular weight excluding hydrogens is 520 g/mol. The molecule has 1 heterocycles. The van der Waals surface area contributed by atoms with Crippen LogP contribution in [0.1, 0.15) is 17.5 Å². The number of rotatable bonds is 3. The van der Waals surface area contributed by atoms with E-state index in [0.29, 0.717) is 5.92 Å². The summed E-state index contributed by atoms with van der Waals surface area (Å²) < 4.78 is 6.32. The molecule has 9 rings (SSSR count). The van der Waals surface area contributed by atoms with Crippen LogP contribution in [-0.2, 0) is 0 Å². The molecule has 1 nitrogen and oxygen atoms in total. The number of allylic oxidation sites excluding steroid dienone is 8. The van der Waals surface area contributed by atoms with Gasteiger partial charge in [-0.3, -0.25) is 0 Å². The Morgan fingerprint density at radius 2 is 1.16 bits per heavy atom. The summed E-state index contributed by atoms with van der Waals surface area (Å²) in [5.41, 5.74) is 11.0. The minimum absolute atomic E-state index is 0.371. The number of benzene rings is 6. The zero-order chi connectivity index (χ0) is 28.3. The number of furan rings is 1. The van der Waals surface area contributed by atoms with E-state index in [-0.39, 0.29) is 0 Å². The second-order valence-corrected chi connectivity index (χ2v) is 11.6. The Kier molecular flexibility index (Phi) is 5.39. The van der Waals surface area contributed by atoms with Crippen LogP contribution in [0.5, 0.6) is 0 Å². The number of fused-ring (bicyclic) bond motifs is 6.